The minimum absolute atomic E-state index is 0.0697. The summed E-state index contributed by atoms with van der Waals surface area (Å²) in [7, 11) is 2.09. The van der Waals surface area contributed by atoms with E-state index in [1.807, 2.05) is 18.2 Å². The Hall–Kier alpha value is -0.290. The minimum Gasteiger partial charge on any atom is -0.491 e. The van der Waals surface area contributed by atoms with Crippen molar-refractivity contribution in [3.8, 4) is 5.75 Å². The van der Waals surface area contributed by atoms with Gasteiger partial charge in [-0.15, -0.1) is 0 Å². The van der Waals surface area contributed by atoms with Crippen molar-refractivity contribution in [2.45, 2.75) is 18.9 Å². The molecule has 0 bridgehead atoms. The summed E-state index contributed by atoms with van der Waals surface area (Å²) in [5, 5.41) is 9.94. The number of benzene rings is 1. The van der Waals surface area contributed by atoms with Crippen LogP contribution in [-0.2, 0) is 0 Å². The molecule has 0 aliphatic heterocycles. The fraction of sp³-hybridized carbons (Fsp3) is 0.571. The summed E-state index contributed by atoms with van der Waals surface area (Å²) in [4.78, 5) is 2.25. The largest absolute Gasteiger partial charge is 0.491 e. The van der Waals surface area contributed by atoms with Gasteiger partial charge < -0.3 is 14.7 Å². The fourth-order valence-electron chi connectivity index (χ4n) is 2.29. The van der Waals surface area contributed by atoms with Crippen molar-refractivity contribution in [1.82, 2.24) is 4.90 Å². The van der Waals surface area contributed by atoms with Crippen LogP contribution in [0, 0.1) is 5.92 Å². The molecule has 1 aromatic rings. The lowest BCUT2D eigenvalue weighted by Crippen LogP contribution is -2.38. The average Bonchev–Trinajstić information content (AvgIpc) is 2.30. The zero-order valence-electron chi connectivity index (χ0n) is 11.0. The molecule has 1 aliphatic carbocycles. The van der Waals surface area contributed by atoms with E-state index in [4.69, 9.17) is 16.3 Å². The van der Waals surface area contributed by atoms with Crippen LogP contribution in [0.15, 0.2) is 22.7 Å². The Balaban J connectivity index is 1.68. The first-order chi connectivity index (χ1) is 9.04. The SMILES string of the molecule is CN(CCOc1ccc(Cl)cc1Br)CC1CC(O)C1. The van der Waals surface area contributed by atoms with Crippen molar-refractivity contribution in [2.75, 3.05) is 26.7 Å². The first kappa shape index (κ1) is 15.1. The number of hydrogen-bond acceptors (Lipinski definition) is 3. The molecule has 0 amide bonds. The summed E-state index contributed by atoms with van der Waals surface area (Å²) in [5.74, 6) is 1.46. The fourth-order valence-corrected chi connectivity index (χ4v) is 3.08. The van der Waals surface area contributed by atoms with Gasteiger partial charge in [-0.3, -0.25) is 0 Å². The molecular formula is C14H19BrClNO2. The van der Waals surface area contributed by atoms with E-state index in [1.165, 1.54) is 0 Å². The molecule has 0 spiro atoms. The van der Waals surface area contributed by atoms with Gasteiger partial charge in [-0.25, -0.2) is 0 Å². The van der Waals surface area contributed by atoms with Crippen molar-refractivity contribution in [3.63, 3.8) is 0 Å². The normalized spacial score (nSPS) is 22.4. The Morgan fingerprint density at radius 2 is 2.21 bits per heavy atom. The molecule has 0 unspecified atom stereocenters. The smallest absolute Gasteiger partial charge is 0.133 e. The molecule has 1 fully saturated rings. The number of aliphatic hydroxyl groups is 1. The summed E-state index contributed by atoms with van der Waals surface area (Å²) in [6, 6.07) is 5.52. The number of rotatable bonds is 6. The molecule has 0 radical (unpaired) electrons. The second-order valence-electron chi connectivity index (χ2n) is 5.18. The van der Waals surface area contributed by atoms with Crippen LogP contribution in [0.25, 0.3) is 0 Å². The van der Waals surface area contributed by atoms with Crippen molar-refractivity contribution < 1.29 is 9.84 Å². The highest BCUT2D eigenvalue weighted by atomic mass is 79.9. The molecule has 1 aliphatic rings. The molecule has 106 valence electrons. The molecule has 2 rings (SSSR count). The molecule has 1 N–H and O–H groups in total. The molecule has 1 aromatic carbocycles. The highest BCUT2D eigenvalue weighted by molar-refractivity contribution is 9.10. The van der Waals surface area contributed by atoms with Gasteiger partial charge in [0.2, 0.25) is 0 Å². The molecule has 19 heavy (non-hydrogen) atoms. The van der Waals surface area contributed by atoms with E-state index in [9.17, 15) is 5.11 Å². The Labute approximate surface area is 127 Å². The van der Waals surface area contributed by atoms with Crippen LogP contribution in [0.5, 0.6) is 5.75 Å². The summed E-state index contributed by atoms with van der Waals surface area (Å²) < 4.78 is 6.60. The van der Waals surface area contributed by atoms with Gasteiger partial charge in [0.05, 0.1) is 10.6 Å². The van der Waals surface area contributed by atoms with Crippen molar-refractivity contribution >= 4 is 27.5 Å². The number of likely N-dealkylation sites (N-methyl/N-ethyl adjacent to an activating group) is 1. The number of ether oxygens (including phenoxy) is 1. The third kappa shape index (κ3) is 4.63. The number of aliphatic hydroxyl groups excluding tert-OH is 1. The van der Waals surface area contributed by atoms with Crippen LogP contribution in [0.4, 0.5) is 0 Å². The molecule has 5 heteroatoms. The standard InChI is InChI=1S/C14H19BrClNO2/c1-17(9-10-6-12(18)7-10)4-5-19-14-3-2-11(16)8-13(14)15/h2-3,8,10,12,18H,4-7,9H2,1H3. The molecule has 1 saturated carbocycles. The Kier molecular flexibility index (Phi) is 5.51. The maximum atomic E-state index is 9.25. The topological polar surface area (TPSA) is 32.7 Å². The van der Waals surface area contributed by atoms with Crippen molar-refractivity contribution in [1.29, 1.82) is 0 Å². The average molecular weight is 349 g/mol. The van der Waals surface area contributed by atoms with Gasteiger partial charge in [0.1, 0.15) is 12.4 Å². The predicted molar refractivity (Wildman–Crippen MR) is 80.9 cm³/mol. The zero-order chi connectivity index (χ0) is 13.8. The lowest BCUT2D eigenvalue weighted by Gasteiger charge is -2.34. The summed E-state index contributed by atoms with van der Waals surface area (Å²) >= 11 is 9.31. The van der Waals surface area contributed by atoms with Crippen molar-refractivity contribution in [2.24, 2.45) is 5.92 Å². The van der Waals surface area contributed by atoms with Crippen molar-refractivity contribution in [3.05, 3.63) is 27.7 Å². The van der Waals surface area contributed by atoms with Gasteiger partial charge in [0.15, 0.2) is 0 Å². The van der Waals surface area contributed by atoms with Gasteiger partial charge in [-0.2, -0.15) is 0 Å². The third-order valence-electron chi connectivity index (χ3n) is 3.41. The lowest BCUT2D eigenvalue weighted by atomic mass is 9.82. The molecule has 0 heterocycles. The van der Waals surface area contributed by atoms with E-state index < -0.39 is 0 Å². The van der Waals surface area contributed by atoms with Gasteiger partial charge in [-0.1, -0.05) is 11.6 Å². The van der Waals surface area contributed by atoms with Gasteiger partial charge in [0.25, 0.3) is 0 Å². The third-order valence-corrected chi connectivity index (χ3v) is 4.26. The minimum atomic E-state index is -0.0697. The van der Waals surface area contributed by atoms with Crippen LogP contribution < -0.4 is 4.74 Å². The Morgan fingerprint density at radius 3 is 2.84 bits per heavy atom. The monoisotopic (exact) mass is 347 g/mol. The quantitative estimate of drug-likeness (QED) is 0.857. The van der Waals surface area contributed by atoms with Crippen LogP contribution in [-0.4, -0.2) is 42.9 Å². The van der Waals surface area contributed by atoms with E-state index >= 15 is 0 Å². The summed E-state index contributed by atoms with van der Waals surface area (Å²) in [6.07, 6.45) is 1.81. The summed E-state index contributed by atoms with van der Waals surface area (Å²) in [5.41, 5.74) is 0. The molecule has 3 nitrogen and oxygen atoms in total. The molecule has 0 saturated heterocycles. The predicted octanol–water partition coefficient (Wildman–Crippen LogP) is 3.18. The number of nitrogens with zero attached hydrogens (tertiary/aromatic N) is 1. The first-order valence-corrected chi connectivity index (χ1v) is 7.66. The van der Waals surface area contributed by atoms with E-state index in [-0.39, 0.29) is 6.10 Å². The highest BCUT2D eigenvalue weighted by Gasteiger charge is 2.27. The lowest BCUT2D eigenvalue weighted by molar-refractivity contribution is 0.0269. The highest BCUT2D eigenvalue weighted by Crippen LogP contribution is 2.28. The zero-order valence-corrected chi connectivity index (χ0v) is 13.3. The van der Waals surface area contributed by atoms with E-state index in [0.29, 0.717) is 17.5 Å². The Bertz CT molecular complexity index is 424. The van der Waals surface area contributed by atoms with Crippen LogP contribution in [0.1, 0.15) is 12.8 Å². The van der Waals surface area contributed by atoms with Gasteiger partial charge in [0, 0.05) is 18.1 Å². The van der Waals surface area contributed by atoms with Gasteiger partial charge in [-0.05, 0) is 59.9 Å². The Morgan fingerprint density at radius 1 is 1.47 bits per heavy atom. The molecule has 0 aromatic heterocycles. The maximum absolute atomic E-state index is 9.25. The van der Waals surface area contributed by atoms with Crippen LogP contribution in [0.2, 0.25) is 5.02 Å². The summed E-state index contributed by atoms with van der Waals surface area (Å²) in [6.45, 7) is 2.55. The molecular weight excluding hydrogens is 330 g/mol. The number of halogens is 2. The van der Waals surface area contributed by atoms with Crippen LogP contribution in [0.3, 0.4) is 0 Å². The number of hydrogen-bond donors (Lipinski definition) is 1. The van der Waals surface area contributed by atoms with E-state index in [1.54, 1.807) is 0 Å². The van der Waals surface area contributed by atoms with Gasteiger partial charge >= 0.3 is 0 Å². The first-order valence-electron chi connectivity index (χ1n) is 6.49. The van der Waals surface area contributed by atoms with Crippen LogP contribution >= 0.6 is 27.5 Å². The van der Waals surface area contributed by atoms with E-state index in [0.717, 1.165) is 36.2 Å². The van der Waals surface area contributed by atoms with E-state index in [2.05, 4.69) is 27.9 Å². The molecule has 0 atom stereocenters. The maximum Gasteiger partial charge on any atom is 0.133 e. The second kappa shape index (κ2) is 6.93. The second-order valence-corrected chi connectivity index (χ2v) is 6.47.